The van der Waals surface area contributed by atoms with Crippen LogP contribution in [-0.4, -0.2) is 44.5 Å². The van der Waals surface area contributed by atoms with E-state index < -0.39 is 34.1 Å². The van der Waals surface area contributed by atoms with Crippen molar-refractivity contribution in [3.05, 3.63) is 46.2 Å². The van der Waals surface area contributed by atoms with E-state index in [9.17, 15) is 17.9 Å². The van der Waals surface area contributed by atoms with Gasteiger partial charge in [-0.3, -0.25) is 14.0 Å². The topological polar surface area (TPSA) is 130 Å². The Morgan fingerprint density at radius 2 is 2.38 bits per heavy atom. The number of carbonyl (C=O) groups excluding carboxylic acids is 1. The summed E-state index contributed by atoms with van der Waals surface area (Å²) in [7, 11) is 0. The number of amidine groups is 1. The Hall–Kier alpha value is -2.21. The van der Waals surface area contributed by atoms with Crippen LogP contribution >= 0.6 is 11.3 Å². The fraction of sp³-hybridized carbons (Fsp3) is 0.389. The maximum atomic E-state index is 14.7. The number of anilines is 1. The lowest BCUT2D eigenvalue weighted by Crippen LogP contribution is -2.34. The minimum absolute atomic E-state index is 0.0136. The zero-order valence-corrected chi connectivity index (χ0v) is 17.2. The van der Waals surface area contributed by atoms with Crippen LogP contribution in [0.25, 0.3) is 0 Å². The summed E-state index contributed by atoms with van der Waals surface area (Å²) in [6.45, 7) is 2.42. The van der Waals surface area contributed by atoms with Crippen molar-refractivity contribution in [1.29, 1.82) is 0 Å². The summed E-state index contributed by atoms with van der Waals surface area (Å²) in [6, 6.07) is 3.91. The van der Waals surface area contributed by atoms with Gasteiger partial charge in [-0.25, -0.2) is 9.37 Å². The highest BCUT2D eigenvalue weighted by molar-refractivity contribution is 7.79. The number of carbonyl (C=O) groups is 1. The minimum atomic E-state index is -2.51. The van der Waals surface area contributed by atoms with Gasteiger partial charge < -0.3 is 20.3 Å². The number of aliphatic imine (C=N–C) groups is 1. The Morgan fingerprint density at radius 1 is 1.59 bits per heavy atom. The SMILES string of the molecule is C[C@@](CS(=O)[O-])(N=C(N)[C@@H]1CCOC1)c1cc(NC(=O)c2cscn2)ccc1F. The van der Waals surface area contributed by atoms with E-state index in [-0.39, 0.29) is 23.0 Å². The third kappa shape index (κ3) is 5.24. The molecule has 3 N–H and O–H groups in total. The van der Waals surface area contributed by atoms with Gasteiger partial charge in [0.25, 0.3) is 5.91 Å². The third-order valence-electron chi connectivity index (χ3n) is 4.59. The van der Waals surface area contributed by atoms with Gasteiger partial charge in [0.1, 0.15) is 17.3 Å². The lowest BCUT2D eigenvalue weighted by Gasteiger charge is -2.29. The molecule has 2 heterocycles. The van der Waals surface area contributed by atoms with E-state index in [1.807, 2.05) is 0 Å². The summed E-state index contributed by atoms with van der Waals surface area (Å²) in [5.74, 6) is -1.51. The molecule has 11 heteroatoms. The highest BCUT2D eigenvalue weighted by Gasteiger charge is 2.32. The Kier molecular flexibility index (Phi) is 6.73. The first-order valence-electron chi connectivity index (χ1n) is 8.77. The predicted molar refractivity (Wildman–Crippen MR) is 108 cm³/mol. The largest absolute Gasteiger partial charge is 0.772 e. The number of halogens is 1. The van der Waals surface area contributed by atoms with Crippen LogP contribution in [0.5, 0.6) is 0 Å². The average Bonchev–Trinajstić information content (AvgIpc) is 3.36. The maximum Gasteiger partial charge on any atom is 0.275 e. The molecule has 1 aliphatic rings. The molecule has 0 bridgehead atoms. The standard InChI is InChI=1S/C18H21FN4O4S2/c1-18(9-29(25)26,23-16(20)11-4-5-27-7-11)13-6-12(2-3-14(13)19)22-17(24)15-8-28-10-21-15/h2-3,6,8,10-11H,4-5,7,9H2,1H3,(H2,20,23)(H,22,24)(H,25,26)/p-1/t11-,18+/m1/s1. The minimum Gasteiger partial charge on any atom is -0.772 e. The van der Waals surface area contributed by atoms with Gasteiger partial charge in [-0.2, -0.15) is 0 Å². The van der Waals surface area contributed by atoms with Gasteiger partial charge in [-0.15, -0.1) is 11.3 Å². The first-order chi connectivity index (χ1) is 13.8. The molecule has 8 nitrogen and oxygen atoms in total. The van der Waals surface area contributed by atoms with E-state index in [0.717, 1.165) is 6.07 Å². The number of nitrogens with two attached hydrogens (primary N) is 1. The first-order valence-corrected chi connectivity index (χ1v) is 11.0. The zero-order chi connectivity index (χ0) is 21.0. The maximum absolute atomic E-state index is 14.7. The van der Waals surface area contributed by atoms with Gasteiger partial charge in [0.15, 0.2) is 0 Å². The number of benzene rings is 1. The average molecular weight is 440 g/mol. The number of thiazole rings is 1. The van der Waals surface area contributed by atoms with Gasteiger partial charge in [-0.1, -0.05) is 11.1 Å². The van der Waals surface area contributed by atoms with Gasteiger partial charge in [-0.05, 0) is 31.5 Å². The molecule has 0 radical (unpaired) electrons. The molecule has 3 atom stereocenters. The highest BCUT2D eigenvalue weighted by Crippen LogP contribution is 2.32. The summed E-state index contributed by atoms with van der Waals surface area (Å²) >= 11 is -1.24. The molecule has 1 aliphatic heterocycles. The van der Waals surface area contributed by atoms with Crippen molar-refractivity contribution in [2.45, 2.75) is 18.9 Å². The van der Waals surface area contributed by atoms with Crippen LogP contribution in [0.2, 0.25) is 0 Å². The lowest BCUT2D eigenvalue weighted by atomic mass is 9.93. The van der Waals surface area contributed by atoms with E-state index in [1.54, 1.807) is 5.38 Å². The lowest BCUT2D eigenvalue weighted by molar-refractivity contribution is 0.102. The highest BCUT2D eigenvalue weighted by atomic mass is 32.2. The second-order valence-corrected chi connectivity index (χ2v) is 8.46. The van der Waals surface area contributed by atoms with Crippen molar-refractivity contribution in [3.8, 4) is 0 Å². The molecule has 1 aromatic carbocycles. The van der Waals surface area contributed by atoms with E-state index in [4.69, 9.17) is 10.5 Å². The number of nitrogens with one attached hydrogen (secondary N) is 1. The first kappa shape index (κ1) is 21.5. The molecular weight excluding hydrogens is 419 g/mol. The van der Waals surface area contributed by atoms with Crippen molar-refractivity contribution in [1.82, 2.24) is 4.98 Å². The Morgan fingerprint density at radius 3 is 3.00 bits per heavy atom. The van der Waals surface area contributed by atoms with Crippen LogP contribution < -0.4 is 11.1 Å². The molecule has 0 spiro atoms. The van der Waals surface area contributed by atoms with Gasteiger partial charge in [0.05, 0.1) is 17.7 Å². The molecule has 156 valence electrons. The smallest absolute Gasteiger partial charge is 0.275 e. The Balaban J connectivity index is 1.95. The fourth-order valence-electron chi connectivity index (χ4n) is 3.08. The quantitative estimate of drug-likeness (QED) is 0.386. The van der Waals surface area contributed by atoms with Crippen LogP contribution in [0.3, 0.4) is 0 Å². The molecule has 1 fully saturated rings. The van der Waals surface area contributed by atoms with E-state index in [2.05, 4.69) is 15.3 Å². The molecule has 1 amide bonds. The van der Waals surface area contributed by atoms with Crippen LogP contribution in [0.15, 0.2) is 34.1 Å². The number of aromatic nitrogens is 1. The number of hydrogen-bond acceptors (Lipinski definition) is 7. The number of amides is 1. The van der Waals surface area contributed by atoms with E-state index in [0.29, 0.717) is 25.3 Å². The number of hydrogen-bond donors (Lipinski definition) is 2. The second-order valence-electron chi connectivity index (χ2n) is 6.84. The van der Waals surface area contributed by atoms with Gasteiger partial charge in [0, 0.05) is 34.9 Å². The molecule has 0 saturated carbocycles. The molecule has 0 aliphatic carbocycles. The van der Waals surface area contributed by atoms with Crippen molar-refractivity contribution in [3.63, 3.8) is 0 Å². The van der Waals surface area contributed by atoms with Crippen LogP contribution in [-0.2, 0) is 21.4 Å². The van der Waals surface area contributed by atoms with Crippen molar-refractivity contribution < 1.29 is 22.7 Å². The third-order valence-corrected chi connectivity index (χ3v) is 5.98. The Labute approximate surface area is 173 Å². The second kappa shape index (κ2) is 9.08. The molecule has 1 unspecified atom stereocenters. The fourth-order valence-corrected chi connectivity index (χ4v) is 4.29. The number of rotatable bonds is 7. The van der Waals surface area contributed by atoms with Crippen LogP contribution in [0.4, 0.5) is 10.1 Å². The summed E-state index contributed by atoms with van der Waals surface area (Å²) in [6.07, 6.45) is 0.665. The molecule has 2 aromatic rings. The molecule has 1 saturated heterocycles. The summed E-state index contributed by atoms with van der Waals surface area (Å²) < 4.78 is 43.0. The monoisotopic (exact) mass is 439 g/mol. The zero-order valence-electron chi connectivity index (χ0n) is 15.6. The predicted octanol–water partition coefficient (Wildman–Crippen LogP) is 2.02. The molecular formula is C18H20FN4O4S2-. The van der Waals surface area contributed by atoms with Crippen molar-refractivity contribution >= 4 is 39.8 Å². The number of ether oxygens (including phenoxy) is 1. The Bertz CT molecular complexity index is 932. The van der Waals surface area contributed by atoms with Gasteiger partial charge in [0.2, 0.25) is 0 Å². The molecule has 29 heavy (non-hydrogen) atoms. The number of nitrogens with zero attached hydrogens (tertiary/aromatic N) is 2. The summed E-state index contributed by atoms with van der Waals surface area (Å²) in [4.78, 5) is 20.5. The van der Waals surface area contributed by atoms with Crippen LogP contribution in [0, 0.1) is 11.7 Å². The molecule has 1 aromatic heterocycles. The van der Waals surface area contributed by atoms with E-state index >= 15 is 0 Å². The van der Waals surface area contributed by atoms with Crippen molar-refractivity contribution in [2.24, 2.45) is 16.6 Å². The van der Waals surface area contributed by atoms with Crippen molar-refractivity contribution in [2.75, 3.05) is 24.3 Å². The van der Waals surface area contributed by atoms with Crippen LogP contribution in [0.1, 0.15) is 29.4 Å². The summed E-state index contributed by atoms with van der Waals surface area (Å²) in [5.41, 5.74) is 6.67. The van der Waals surface area contributed by atoms with E-state index in [1.165, 1.54) is 35.9 Å². The molecule has 3 rings (SSSR count). The van der Waals surface area contributed by atoms with Gasteiger partial charge >= 0.3 is 0 Å². The normalized spacial score (nSPS) is 20.2. The summed E-state index contributed by atoms with van der Waals surface area (Å²) in [5, 5.41) is 4.21.